The molecule has 1 N–H and O–H groups in total. The number of hydrogen-bond acceptors (Lipinski definition) is 2. The second-order valence-electron chi connectivity index (χ2n) is 2.67. The minimum atomic E-state index is 1.08. The lowest BCUT2D eigenvalue weighted by atomic mass is 10.1. The number of nitrogens with zero attached hydrogens (tertiary/aromatic N) is 1. The molecule has 3 heteroatoms. The van der Waals surface area contributed by atoms with Crippen LogP contribution in [0, 0.1) is 20.8 Å². The monoisotopic (exact) mass is 168 g/mol. The van der Waals surface area contributed by atoms with Gasteiger partial charge in [0.25, 0.3) is 0 Å². The summed E-state index contributed by atoms with van der Waals surface area (Å²) in [5.41, 5.74) is 4.66. The molecule has 2 nitrogen and oxygen atoms in total. The average Bonchev–Trinajstić information content (AvgIpc) is 1.99. The van der Waals surface area contributed by atoms with Crippen LogP contribution in [0.15, 0.2) is 6.20 Å². The van der Waals surface area contributed by atoms with Crippen molar-refractivity contribution in [1.82, 2.24) is 4.98 Å². The van der Waals surface area contributed by atoms with Crippen LogP contribution in [0.4, 0.5) is 5.69 Å². The molecule has 11 heavy (non-hydrogen) atoms. The third kappa shape index (κ3) is 1.51. The zero-order valence-electron chi connectivity index (χ0n) is 7.10. The predicted molar refractivity (Wildman–Crippen MR) is 51.8 cm³/mol. The van der Waals surface area contributed by atoms with Gasteiger partial charge in [-0.1, -0.05) is 0 Å². The largest absolute Gasteiger partial charge is 0.369 e. The summed E-state index contributed by atoms with van der Waals surface area (Å²) in [7, 11) is 2.51. The molecule has 0 amide bonds. The third-order valence-corrected chi connectivity index (χ3v) is 2.20. The van der Waals surface area contributed by atoms with Crippen molar-refractivity contribution in [3.8, 4) is 0 Å². The molecule has 1 aromatic rings. The Labute approximate surface area is 69.7 Å². The smallest absolute Gasteiger partial charge is 0.0461 e. The SMILES string of the molecule is Cc1cnc(C)c(C)c1NP. The Morgan fingerprint density at radius 2 is 2.00 bits per heavy atom. The zero-order valence-corrected chi connectivity index (χ0v) is 8.26. The van der Waals surface area contributed by atoms with Gasteiger partial charge in [0.15, 0.2) is 0 Å². The zero-order chi connectivity index (χ0) is 8.43. The van der Waals surface area contributed by atoms with E-state index in [9.17, 15) is 0 Å². The average molecular weight is 168 g/mol. The Balaban J connectivity index is 3.29. The predicted octanol–water partition coefficient (Wildman–Crippen LogP) is 2.21. The van der Waals surface area contributed by atoms with Gasteiger partial charge in [-0.25, -0.2) is 0 Å². The topological polar surface area (TPSA) is 24.9 Å². The fraction of sp³-hybridized carbons (Fsp3) is 0.375. The lowest BCUT2D eigenvalue weighted by Gasteiger charge is -2.09. The van der Waals surface area contributed by atoms with Crippen LogP contribution < -0.4 is 5.09 Å². The number of hydrogen-bond donors (Lipinski definition) is 1. The van der Waals surface area contributed by atoms with E-state index in [1.807, 2.05) is 20.0 Å². The molecule has 60 valence electrons. The summed E-state index contributed by atoms with van der Waals surface area (Å²) in [6, 6.07) is 0. The van der Waals surface area contributed by atoms with Gasteiger partial charge >= 0.3 is 0 Å². The molecular formula is C8H13N2P. The number of pyridine rings is 1. The highest BCUT2D eigenvalue weighted by atomic mass is 31.0. The van der Waals surface area contributed by atoms with Crippen LogP contribution in [0.3, 0.4) is 0 Å². The van der Waals surface area contributed by atoms with Gasteiger partial charge in [0.2, 0.25) is 0 Å². The number of aromatic nitrogens is 1. The van der Waals surface area contributed by atoms with Gasteiger partial charge in [-0.3, -0.25) is 4.98 Å². The molecule has 1 unspecified atom stereocenters. The molecule has 1 rings (SSSR count). The van der Waals surface area contributed by atoms with Crippen molar-refractivity contribution >= 4 is 15.1 Å². The minimum Gasteiger partial charge on any atom is -0.369 e. The molecule has 0 aliphatic carbocycles. The maximum Gasteiger partial charge on any atom is 0.0461 e. The van der Waals surface area contributed by atoms with Crippen LogP contribution >= 0.6 is 9.39 Å². The molecular weight excluding hydrogens is 155 g/mol. The second kappa shape index (κ2) is 3.19. The molecule has 0 aromatic carbocycles. The van der Waals surface area contributed by atoms with Gasteiger partial charge in [-0.05, 0) is 41.3 Å². The molecule has 1 aromatic heterocycles. The van der Waals surface area contributed by atoms with Crippen molar-refractivity contribution in [2.75, 3.05) is 5.09 Å². The van der Waals surface area contributed by atoms with Gasteiger partial charge in [-0.2, -0.15) is 0 Å². The lowest BCUT2D eigenvalue weighted by molar-refractivity contribution is 1.13. The van der Waals surface area contributed by atoms with E-state index < -0.39 is 0 Å². The van der Waals surface area contributed by atoms with Gasteiger partial charge < -0.3 is 5.09 Å². The highest BCUT2D eigenvalue weighted by Gasteiger charge is 2.02. The summed E-state index contributed by atoms with van der Waals surface area (Å²) in [6.45, 7) is 6.13. The summed E-state index contributed by atoms with van der Waals surface area (Å²) in [4.78, 5) is 4.24. The summed E-state index contributed by atoms with van der Waals surface area (Å²) in [5.74, 6) is 0. The van der Waals surface area contributed by atoms with Gasteiger partial charge in [-0.15, -0.1) is 0 Å². The van der Waals surface area contributed by atoms with E-state index in [0.717, 1.165) is 5.69 Å². The lowest BCUT2D eigenvalue weighted by Crippen LogP contribution is -1.94. The summed E-state index contributed by atoms with van der Waals surface area (Å²) in [5, 5.41) is 3.08. The molecule has 1 heterocycles. The van der Waals surface area contributed by atoms with E-state index >= 15 is 0 Å². The Morgan fingerprint density at radius 1 is 1.36 bits per heavy atom. The first-order chi connectivity index (χ1) is 5.16. The molecule has 0 aliphatic heterocycles. The number of anilines is 1. The van der Waals surface area contributed by atoms with Crippen molar-refractivity contribution in [2.24, 2.45) is 0 Å². The van der Waals surface area contributed by atoms with Crippen molar-refractivity contribution in [3.05, 3.63) is 23.0 Å². The number of nitrogens with one attached hydrogen (secondary N) is 1. The molecule has 1 atom stereocenters. The van der Waals surface area contributed by atoms with Gasteiger partial charge in [0.05, 0.1) is 0 Å². The molecule has 0 aliphatic rings. The Bertz CT molecular complexity index is 271. The highest BCUT2D eigenvalue weighted by Crippen LogP contribution is 2.21. The van der Waals surface area contributed by atoms with Crippen LogP contribution in [0.2, 0.25) is 0 Å². The van der Waals surface area contributed by atoms with Crippen LogP contribution in [-0.2, 0) is 0 Å². The van der Waals surface area contributed by atoms with Gasteiger partial charge in [0, 0.05) is 17.6 Å². The molecule has 0 saturated carbocycles. The maximum atomic E-state index is 4.24. The van der Waals surface area contributed by atoms with Gasteiger partial charge in [0.1, 0.15) is 0 Å². The normalized spacial score (nSPS) is 9.82. The molecule has 0 saturated heterocycles. The highest BCUT2D eigenvalue weighted by molar-refractivity contribution is 7.18. The Morgan fingerprint density at radius 3 is 2.45 bits per heavy atom. The third-order valence-electron chi connectivity index (χ3n) is 1.91. The van der Waals surface area contributed by atoms with Crippen molar-refractivity contribution in [1.29, 1.82) is 0 Å². The van der Waals surface area contributed by atoms with Crippen molar-refractivity contribution in [3.63, 3.8) is 0 Å². The molecule has 0 fully saturated rings. The quantitative estimate of drug-likeness (QED) is 0.650. The first-order valence-corrected chi connectivity index (χ1v) is 4.14. The van der Waals surface area contributed by atoms with E-state index in [1.54, 1.807) is 0 Å². The minimum absolute atomic E-state index is 1.08. The van der Waals surface area contributed by atoms with Crippen LogP contribution in [0.5, 0.6) is 0 Å². The molecule has 0 spiro atoms. The number of rotatable bonds is 1. The summed E-state index contributed by atoms with van der Waals surface area (Å²) < 4.78 is 0. The van der Waals surface area contributed by atoms with Crippen LogP contribution in [-0.4, -0.2) is 4.98 Å². The molecule has 0 radical (unpaired) electrons. The van der Waals surface area contributed by atoms with Crippen molar-refractivity contribution in [2.45, 2.75) is 20.8 Å². The van der Waals surface area contributed by atoms with Crippen molar-refractivity contribution < 1.29 is 0 Å². The first-order valence-electron chi connectivity index (χ1n) is 3.56. The maximum absolute atomic E-state index is 4.24. The number of aryl methyl sites for hydroxylation is 2. The Kier molecular flexibility index (Phi) is 2.45. The molecule has 0 bridgehead atoms. The van der Waals surface area contributed by atoms with Crippen LogP contribution in [0.25, 0.3) is 0 Å². The summed E-state index contributed by atoms with van der Waals surface area (Å²) >= 11 is 0. The van der Waals surface area contributed by atoms with E-state index in [-0.39, 0.29) is 0 Å². The summed E-state index contributed by atoms with van der Waals surface area (Å²) in [6.07, 6.45) is 1.88. The van der Waals surface area contributed by atoms with E-state index in [4.69, 9.17) is 0 Å². The van der Waals surface area contributed by atoms with E-state index in [0.29, 0.717) is 0 Å². The Hall–Kier alpha value is -0.620. The second-order valence-corrected chi connectivity index (χ2v) is 2.96. The first kappa shape index (κ1) is 8.48. The van der Waals surface area contributed by atoms with E-state index in [1.165, 1.54) is 16.8 Å². The fourth-order valence-corrected chi connectivity index (χ4v) is 1.50. The standard InChI is InChI=1S/C8H13N2P/c1-5-4-9-7(3)6(2)8(5)10-11/h4H,11H2,1-3H3,(H,9,10). The fourth-order valence-electron chi connectivity index (χ4n) is 1.05. The van der Waals surface area contributed by atoms with Crippen LogP contribution in [0.1, 0.15) is 16.8 Å². The van der Waals surface area contributed by atoms with E-state index in [2.05, 4.69) is 26.4 Å².